The van der Waals surface area contributed by atoms with Crippen molar-refractivity contribution < 1.29 is 18.5 Å². The summed E-state index contributed by atoms with van der Waals surface area (Å²) in [5, 5.41) is 1.74. The highest BCUT2D eigenvalue weighted by atomic mass is 32.2. The molecule has 0 radical (unpaired) electrons. The Morgan fingerprint density at radius 2 is 2.16 bits per heavy atom. The first-order valence-electron chi connectivity index (χ1n) is 5.88. The summed E-state index contributed by atoms with van der Waals surface area (Å²) in [5.41, 5.74) is 0.251. The van der Waals surface area contributed by atoms with Gasteiger partial charge in [0.1, 0.15) is 5.69 Å². The minimum atomic E-state index is -0.824. The molecule has 1 aliphatic heterocycles. The van der Waals surface area contributed by atoms with Gasteiger partial charge in [0.05, 0.1) is 6.61 Å². The van der Waals surface area contributed by atoms with Gasteiger partial charge >= 0.3 is 5.97 Å². The zero-order valence-corrected chi connectivity index (χ0v) is 12.1. The molecule has 104 valence electrons. The summed E-state index contributed by atoms with van der Waals surface area (Å²) in [5.74, 6) is 0.274. The summed E-state index contributed by atoms with van der Waals surface area (Å²) >= 11 is 1.10. The van der Waals surface area contributed by atoms with Gasteiger partial charge in [-0.05, 0) is 6.92 Å². The Kier molecular flexibility index (Phi) is 4.65. The molecule has 0 unspecified atom stereocenters. The van der Waals surface area contributed by atoms with E-state index in [-0.39, 0.29) is 23.2 Å². The third-order valence-corrected chi connectivity index (χ3v) is 4.74. The van der Waals surface area contributed by atoms with Gasteiger partial charge in [-0.1, -0.05) is 0 Å². The largest absolute Gasteiger partial charge is 0.461 e. The average molecular weight is 302 g/mol. The molecule has 1 fully saturated rings. The number of rotatable bonds is 3. The summed E-state index contributed by atoms with van der Waals surface area (Å²) in [4.78, 5) is 29.2. The van der Waals surface area contributed by atoms with E-state index in [1.54, 1.807) is 17.2 Å². The van der Waals surface area contributed by atoms with Crippen LogP contribution in [0.4, 0.5) is 0 Å². The van der Waals surface area contributed by atoms with Crippen molar-refractivity contribution >= 4 is 34.0 Å². The summed E-state index contributed by atoms with van der Waals surface area (Å²) in [7, 11) is -0.824. The maximum Gasteiger partial charge on any atom is 0.367 e. The van der Waals surface area contributed by atoms with Gasteiger partial charge in [-0.2, -0.15) is 0 Å². The van der Waals surface area contributed by atoms with Crippen LogP contribution in [-0.4, -0.2) is 57.2 Å². The fourth-order valence-electron chi connectivity index (χ4n) is 1.66. The van der Waals surface area contributed by atoms with Gasteiger partial charge in [-0.3, -0.25) is 9.00 Å². The van der Waals surface area contributed by atoms with Crippen LogP contribution in [-0.2, 0) is 15.5 Å². The van der Waals surface area contributed by atoms with E-state index in [9.17, 15) is 13.8 Å². The Hall–Kier alpha value is -1.28. The first kappa shape index (κ1) is 14.1. The van der Waals surface area contributed by atoms with Crippen LogP contribution in [0.15, 0.2) is 5.38 Å². The predicted octanol–water partition coefficient (Wildman–Crippen LogP) is 0.524. The molecule has 1 saturated heterocycles. The molecule has 1 aromatic rings. The molecule has 6 nitrogen and oxygen atoms in total. The molecule has 0 spiro atoms. The van der Waals surface area contributed by atoms with Crippen LogP contribution in [0.25, 0.3) is 0 Å². The lowest BCUT2D eigenvalue weighted by Gasteiger charge is -2.25. The molecule has 0 atom stereocenters. The van der Waals surface area contributed by atoms with E-state index < -0.39 is 16.8 Å². The van der Waals surface area contributed by atoms with E-state index in [0.29, 0.717) is 24.6 Å². The third-order valence-electron chi connectivity index (χ3n) is 2.64. The molecule has 0 saturated carbocycles. The zero-order valence-electron chi connectivity index (χ0n) is 10.5. The molecular weight excluding hydrogens is 288 g/mol. The molecule has 19 heavy (non-hydrogen) atoms. The highest BCUT2D eigenvalue weighted by Gasteiger charge is 2.24. The molecule has 1 aliphatic rings. The van der Waals surface area contributed by atoms with Crippen molar-refractivity contribution in [1.29, 1.82) is 0 Å². The first-order valence-corrected chi connectivity index (χ1v) is 8.25. The van der Waals surface area contributed by atoms with Gasteiger partial charge in [-0.25, -0.2) is 9.78 Å². The van der Waals surface area contributed by atoms with Crippen LogP contribution in [0.5, 0.6) is 0 Å². The molecule has 0 aliphatic carbocycles. The van der Waals surface area contributed by atoms with Crippen molar-refractivity contribution in [3.8, 4) is 0 Å². The van der Waals surface area contributed by atoms with E-state index in [4.69, 9.17) is 4.74 Å². The molecule has 1 amide bonds. The number of amides is 1. The van der Waals surface area contributed by atoms with E-state index in [1.807, 2.05) is 0 Å². The molecule has 0 aromatic carbocycles. The number of carbonyl (C=O) groups excluding carboxylic acids is 2. The van der Waals surface area contributed by atoms with Crippen LogP contribution in [0.2, 0.25) is 0 Å². The predicted molar refractivity (Wildman–Crippen MR) is 71.9 cm³/mol. The number of carbonyl (C=O) groups is 2. The summed E-state index contributed by atoms with van der Waals surface area (Å²) < 4.78 is 16.1. The van der Waals surface area contributed by atoms with Crippen molar-refractivity contribution in [3.63, 3.8) is 0 Å². The number of thiazole rings is 1. The standard InChI is InChI=1S/C11H14N2O4S2/c1-2-17-11(15)9-12-8(7-18-9)10(14)13-3-5-19(16)6-4-13/h7H,2-6H2,1H3. The molecule has 8 heteroatoms. The number of nitrogens with zero attached hydrogens (tertiary/aromatic N) is 2. The quantitative estimate of drug-likeness (QED) is 0.761. The lowest BCUT2D eigenvalue weighted by molar-refractivity contribution is 0.0526. The van der Waals surface area contributed by atoms with Crippen molar-refractivity contribution in [2.75, 3.05) is 31.2 Å². The number of ether oxygens (including phenoxy) is 1. The molecule has 0 bridgehead atoms. The number of hydrogen-bond acceptors (Lipinski definition) is 6. The Balaban J connectivity index is 2.03. The van der Waals surface area contributed by atoms with Gasteiger partial charge in [0.2, 0.25) is 5.01 Å². The molecule has 1 aromatic heterocycles. The smallest absolute Gasteiger partial charge is 0.367 e. The number of aromatic nitrogens is 1. The fourth-order valence-corrected chi connectivity index (χ4v) is 3.40. The van der Waals surface area contributed by atoms with Gasteiger partial charge in [0, 0.05) is 40.8 Å². The van der Waals surface area contributed by atoms with Gasteiger partial charge in [0.25, 0.3) is 5.91 Å². The monoisotopic (exact) mass is 302 g/mol. The van der Waals surface area contributed by atoms with Gasteiger partial charge in [0.15, 0.2) is 0 Å². The van der Waals surface area contributed by atoms with Crippen LogP contribution in [0, 0.1) is 0 Å². The maximum atomic E-state index is 12.1. The summed E-state index contributed by atoms with van der Waals surface area (Å²) in [6.45, 7) is 2.93. The average Bonchev–Trinajstić information content (AvgIpc) is 2.89. The molecule has 2 rings (SSSR count). The lowest BCUT2D eigenvalue weighted by Crippen LogP contribution is -2.41. The fraction of sp³-hybridized carbons (Fsp3) is 0.545. The SMILES string of the molecule is CCOC(=O)c1nc(C(=O)N2CCS(=O)CC2)cs1. The summed E-state index contributed by atoms with van der Waals surface area (Å²) in [6, 6.07) is 0. The lowest BCUT2D eigenvalue weighted by atomic mass is 10.4. The highest BCUT2D eigenvalue weighted by molar-refractivity contribution is 7.85. The molecule has 0 N–H and O–H groups in total. The van der Waals surface area contributed by atoms with Crippen LogP contribution >= 0.6 is 11.3 Å². The number of hydrogen-bond donors (Lipinski definition) is 0. The third kappa shape index (κ3) is 3.38. The topological polar surface area (TPSA) is 76.6 Å². The minimum Gasteiger partial charge on any atom is -0.461 e. The van der Waals surface area contributed by atoms with E-state index in [1.165, 1.54) is 0 Å². The Bertz CT molecular complexity index is 505. The van der Waals surface area contributed by atoms with Gasteiger partial charge in [-0.15, -0.1) is 11.3 Å². The van der Waals surface area contributed by atoms with E-state index >= 15 is 0 Å². The summed E-state index contributed by atoms with van der Waals surface area (Å²) in [6.07, 6.45) is 0. The van der Waals surface area contributed by atoms with Gasteiger partial charge < -0.3 is 9.64 Å². The Morgan fingerprint density at radius 1 is 1.47 bits per heavy atom. The van der Waals surface area contributed by atoms with Crippen molar-refractivity contribution in [3.05, 3.63) is 16.1 Å². The zero-order chi connectivity index (χ0) is 13.8. The number of esters is 1. The minimum absolute atomic E-state index is 0.186. The van der Waals surface area contributed by atoms with Crippen LogP contribution in [0.1, 0.15) is 27.2 Å². The van der Waals surface area contributed by atoms with E-state index in [0.717, 1.165) is 11.3 Å². The van der Waals surface area contributed by atoms with Crippen LogP contribution in [0.3, 0.4) is 0 Å². The van der Waals surface area contributed by atoms with Crippen LogP contribution < -0.4 is 0 Å². The van der Waals surface area contributed by atoms with Crippen molar-refractivity contribution in [2.24, 2.45) is 0 Å². The maximum absolute atomic E-state index is 12.1. The Morgan fingerprint density at radius 3 is 2.79 bits per heavy atom. The second kappa shape index (κ2) is 6.25. The highest BCUT2D eigenvalue weighted by Crippen LogP contribution is 2.14. The van der Waals surface area contributed by atoms with Crippen molar-refractivity contribution in [2.45, 2.75) is 6.92 Å². The van der Waals surface area contributed by atoms with E-state index in [2.05, 4.69) is 4.98 Å². The Labute approximate surface area is 117 Å². The molecular formula is C11H14N2O4S2. The first-order chi connectivity index (χ1) is 9.11. The normalized spacial score (nSPS) is 16.4. The van der Waals surface area contributed by atoms with Crippen molar-refractivity contribution in [1.82, 2.24) is 9.88 Å². The molecule has 2 heterocycles. The second-order valence-corrected chi connectivity index (χ2v) is 6.45. The second-order valence-electron chi connectivity index (χ2n) is 3.90.